The SMILES string of the molecule is CCOC(=O)C(F)[C@@H](N)c1c(F)cccc1C(F)(F)F. The minimum atomic E-state index is -4.91. The van der Waals surface area contributed by atoms with Gasteiger partial charge in [0.25, 0.3) is 0 Å². The largest absolute Gasteiger partial charge is 0.464 e. The molecular formula is C12H12F5NO2. The molecule has 0 amide bonds. The van der Waals surface area contributed by atoms with Gasteiger partial charge in [-0.3, -0.25) is 0 Å². The summed E-state index contributed by atoms with van der Waals surface area (Å²) in [6.07, 6.45) is -7.50. The molecule has 0 fully saturated rings. The van der Waals surface area contributed by atoms with Crippen molar-refractivity contribution in [2.45, 2.75) is 25.3 Å². The number of benzene rings is 1. The first-order chi connectivity index (χ1) is 9.20. The van der Waals surface area contributed by atoms with Crippen LogP contribution in [0.3, 0.4) is 0 Å². The van der Waals surface area contributed by atoms with Gasteiger partial charge in [0.1, 0.15) is 5.82 Å². The van der Waals surface area contributed by atoms with Crippen LogP contribution < -0.4 is 5.73 Å². The van der Waals surface area contributed by atoms with Gasteiger partial charge in [-0.15, -0.1) is 0 Å². The summed E-state index contributed by atoms with van der Waals surface area (Å²) in [6, 6.07) is -0.00312. The molecule has 0 aliphatic carbocycles. The van der Waals surface area contributed by atoms with Crippen LogP contribution in [0.4, 0.5) is 22.0 Å². The van der Waals surface area contributed by atoms with Crippen LogP contribution in [0.5, 0.6) is 0 Å². The van der Waals surface area contributed by atoms with Gasteiger partial charge < -0.3 is 10.5 Å². The van der Waals surface area contributed by atoms with Gasteiger partial charge in [-0.25, -0.2) is 13.6 Å². The molecule has 1 rings (SSSR count). The molecule has 0 aliphatic heterocycles. The van der Waals surface area contributed by atoms with Gasteiger partial charge in [-0.05, 0) is 19.1 Å². The fraction of sp³-hybridized carbons (Fsp3) is 0.417. The minimum absolute atomic E-state index is 0.171. The molecule has 1 aromatic rings. The Morgan fingerprint density at radius 3 is 2.50 bits per heavy atom. The van der Waals surface area contributed by atoms with E-state index in [9.17, 15) is 26.7 Å². The third-order valence-corrected chi connectivity index (χ3v) is 2.52. The van der Waals surface area contributed by atoms with E-state index in [4.69, 9.17) is 5.73 Å². The van der Waals surface area contributed by atoms with E-state index in [0.717, 1.165) is 6.07 Å². The van der Waals surface area contributed by atoms with Crippen molar-refractivity contribution < 1.29 is 31.5 Å². The molecule has 0 aliphatic rings. The van der Waals surface area contributed by atoms with Crippen molar-refractivity contribution in [1.29, 1.82) is 0 Å². The molecular weight excluding hydrogens is 285 g/mol. The van der Waals surface area contributed by atoms with E-state index >= 15 is 0 Å². The number of hydrogen-bond donors (Lipinski definition) is 1. The first kappa shape index (κ1) is 16.4. The Balaban J connectivity index is 3.22. The normalized spacial score (nSPS) is 14.8. The van der Waals surface area contributed by atoms with E-state index in [2.05, 4.69) is 4.74 Å². The van der Waals surface area contributed by atoms with E-state index in [0.29, 0.717) is 12.1 Å². The lowest BCUT2D eigenvalue weighted by Gasteiger charge is -2.20. The van der Waals surface area contributed by atoms with Crippen molar-refractivity contribution in [2.24, 2.45) is 5.73 Å². The molecule has 8 heteroatoms. The van der Waals surface area contributed by atoms with Crippen molar-refractivity contribution in [3.05, 3.63) is 35.1 Å². The van der Waals surface area contributed by atoms with Crippen LogP contribution in [0, 0.1) is 5.82 Å². The smallest absolute Gasteiger partial charge is 0.416 e. The molecule has 20 heavy (non-hydrogen) atoms. The fourth-order valence-corrected chi connectivity index (χ4v) is 1.64. The van der Waals surface area contributed by atoms with Crippen LogP contribution in [0.1, 0.15) is 24.1 Å². The zero-order valence-electron chi connectivity index (χ0n) is 10.4. The van der Waals surface area contributed by atoms with Crippen molar-refractivity contribution in [1.82, 2.24) is 0 Å². The van der Waals surface area contributed by atoms with Crippen LogP contribution in [-0.4, -0.2) is 18.7 Å². The number of nitrogens with two attached hydrogens (primary N) is 1. The van der Waals surface area contributed by atoms with E-state index in [1.165, 1.54) is 6.92 Å². The molecule has 0 spiro atoms. The maximum absolute atomic E-state index is 13.7. The van der Waals surface area contributed by atoms with E-state index in [1.807, 2.05) is 0 Å². The van der Waals surface area contributed by atoms with Crippen LogP contribution >= 0.6 is 0 Å². The third-order valence-electron chi connectivity index (χ3n) is 2.52. The molecule has 112 valence electrons. The highest BCUT2D eigenvalue weighted by Crippen LogP contribution is 2.36. The van der Waals surface area contributed by atoms with Crippen molar-refractivity contribution >= 4 is 5.97 Å². The molecule has 1 aromatic carbocycles. The Bertz CT molecular complexity index is 489. The van der Waals surface area contributed by atoms with Gasteiger partial charge in [0, 0.05) is 5.56 Å². The molecule has 2 atom stereocenters. The van der Waals surface area contributed by atoms with Gasteiger partial charge in [0.2, 0.25) is 6.17 Å². The minimum Gasteiger partial charge on any atom is -0.464 e. The summed E-state index contributed by atoms with van der Waals surface area (Å²) in [6.45, 7) is 1.22. The van der Waals surface area contributed by atoms with Crippen molar-refractivity contribution in [3.8, 4) is 0 Å². The second kappa shape index (κ2) is 6.17. The van der Waals surface area contributed by atoms with E-state index in [-0.39, 0.29) is 6.61 Å². The molecule has 1 unspecified atom stereocenters. The number of esters is 1. The summed E-state index contributed by atoms with van der Waals surface area (Å²) < 4.78 is 69.8. The topological polar surface area (TPSA) is 52.3 Å². The molecule has 0 saturated carbocycles. The number of ether oxygens (including phenoxy) is 1. The third kappa shape index (κ3) is 3.44. The van der Waals surface area contributed by atoms with Crippen LogP contribution in [0.2, 0.25) is 0 Å². The maximum Gasteiger partial charge on any atom is 0.416 e. The Morgan fingerprint density at radius 1 is 1.40 bits per heavy atom. The van der Waals surface area contributed by atoms with Gasteiger partial charge in [0.15, 0.2) is 0 Å². The Labute approximate surface area is 111 Å². The zero-order valence-corrected chi connectivity index (χ0v) is 10.4. The molecule has 2 N–H and O–H groups in total. The predicted octanol–water partition coefficient (Wildman–Crippen LogP) is 2.75. The fourth-order valence-electron chi connectivity index (χ4n) is 1.64. The van der Waals surface area contributed by atoms with Gasteiger partial charge >= 0.3 is 12.1 Å². The number of rotatable bonds is 4. The second-order valence-corrected chi connectivity index (χ2v) is 3.88. The number of halogens is 5. The quantitative estimate of drug-likeness (QED) is 0.687. The van der Waals surface area contributed by atoms with Gasteiger partial charge in [0.05, 0.1) is 18.2 Å². The first-order valence-corrected chi connectivity index (χ1v) is 5.62. The van der Waals surface area contributed by atoms with Crippen LogP contribution in [0.25, 0.3) is 0 Å². The molecule has 0 aromatic heterocycles. The number of hydrogen-bond acceptors (Lipinski definition) is 3. The number of alkyl halides is 4. The predicted molar refractivity (Wildman–Crippen MR) is 59.9 cm³/mol. The van der Waals surface area contributed by atoms with Crippen LogP contribution in [0.15, 0.2) is 18.2 Å². The highest BCUT2D eigenvalue weighted by Gasteiger charge is 2.39. The molecule has 0 saturated heterocycles. The van der Waals surface area contributed by atoms with Gasteiger partial charge in [-0.2, -0.15) is 13.2 Å². The summed E-state index contributed by atoms with van der Waals surface area (Å²) in [5.74, 6) is -2.77. The lowest BCUT2D eigenvalue weighted by molar-refractivity contribution is -0.150. The average molecular weight is 297 g/mol. The summed E-state index contributed by atoms with van der Waals surface area (Å²) in [7, 11) is 0. The molecule has 0 heterocycles. The Morgan fingerprint density at radius 2 is 2.00 bits per heavy atom. The Kier molecular flexibility index (Phi) is 5.04. The highest BCUT2D eigenvalue weighted by atomic mass is 19.4. The van der Waals surface area contributed by atoms with Crippen LogP contribution in [-0.2, 0) is 15.7 Å². The van der Waals surface area contributed by atoms with Crippen molar-refractivity contribution in [2.75, 3.05) is 6.61 Å². The number of carbonyl (C=O) groups excluding carboxylic acids is 1. The highest BCUT2D eigenvalue weighted by molar-refractivity contribution is 5.76. The molecule has 3 nitrogen and oxygen atoms in total. The standard InChI is InChI=1S/C12H12F5NO2/c1-2-20-11(19)9(14)10(18)8-6(12(15,16)17)4-3-5-7(8)13/h3-5,9-10H,2,18H2,1H3/t9?,10-/m0/s1. The zero-order chi connectivity index (χ0) is 15.5. The summed E-state index contributed by atoms with van der Waals surface area (Å²) >= 11 is 0. The maximum atomic E-state index is 13.7. The lowest BCUT2D eigenvalue weighted by Crippen LogP contribution is -2.33. The molecule has 0 radical (unpaired) electrons. The summed E-state index contributed by atoms with van der Waals surface area (Å²) in [5, 5.41) is 0. The second-order valence-electron chi connectivity index (χ2n) is 3.88. The average Bonchev–Trinajstić information content (AvgIpc) is 2.36. The van der Waals surface area contributed by atoms with Crippen molar-refractivity contribution in [3.63, 3.8) is 0 Å². The summed E-state index contributed by atoms with van der Waals surface area (Å²) in [4.78, 5) is 11.1. The first-order valence-electron chi connectivity index (χ1n) is 5.62. The summed E-state index contributed by atoms with van der Waals surface area (Å²) in [5.41, 5.74) is 2.74. The Hall–Kier alpha value is -1.70. The van der Waals surface area contributed by atoms with E-state index in [1.54, 1.807) is 0 Å². The lowest BCUT2D eigenvalue weighted by atomic mass is 9.96. The number of carbonyl (C=O) groups is 1. The van der Waals surface area contributed by atoms with E-state index < -0.39 is 41.3 Å². The monoisotopic (exact) mass is 297 g/mol. The molecule has 0 bridgehead atoms. The van der Waals surface area contributed by atoms with Gasteiger partial charge in [-0.1, -0.05) is 6.07 Å².